The van der Waals surface area contributed by atoms with Crippen LogP contribution in [0.15, 0.2) is 30.3 Å². The second kappa shape index (κ2) is 7.95. The first-order valence-corrected chi connectivity index (χ1v) is 7.51. The smallest absolute Gasteiger partial charge is 0.254 e. The second-order valence-electron chi connectivity index (χ2n) is 6.07. The van der Waals surface area contributed by atoms with Gasteiger partial charge in [0.25, 0.3) is 5.91 Å². The maximum atomic E-state index is 12.8. The van der Waals surface area contributed by atoms with E-state index in [2.05, 4.69) is 18.8 Å². The third-order valence-electron chi connectivity index (χ3n) is 4.07. The number of carbonyl (C=O) groups excluding carboxylic acids is 1. The van der Waals surface area contributed by atoms with E-state index in [9.17, 15) is 4.79 Å². The summed E-state index contributed by atoms with van der Waals surface area (Å²) >= 11 is 0. The zero-order valence-electron chi connectivity index (χ0n) is 13.4. The third kappa shape index (κ3) is 3.94. The predicted molar refractivity (Wildman–Crippen MR) is 98.8 cm³/mol. The highest BCUT2D eigenvalue weighted by Crippen LogP contribution is 2.24. The van der Waals surface area contributed by atoms with Crippen molar-refractivity contribution in [3.8, 4) is 0 Å². The quantitative estimate of drug-likeness (QED) is 0.898. The fourth-order valence-corrected chi connectivity index (χ4v) is 2.81. The maximum Gasteiger partial charge on any atom is 0.254 e. The normalized spacial score (nSPS) is 17.0. The van der Waals surface area contributed by atoms with Gasteiger partial charge in [0.2, 0.25) is 0 Å². The minimum Gasteiger partial charge on any atom is -0.337 e. The van der Waals surface area contributed by atoms with Crippen molar-refractivity contribution in [3.63, 3.8) is 0 Å². The Bertz CT molecular complexity index is 691. The Morgan fingerprint density at radius 3 is 2.61 bits per heavy atom. The van der Waals surface area contributed by atoms with Gasteiger partial charge in [-0.25, -0.2) is 0 Å². The van der Waals surface area contributed by atoms with Crippen LogP contribution in [-0.4, -0.2) is 34.9 Å². The van der Waals surface area contributed by atoms with Crippen molar-refractivity contribution in [2.75, 3.05) is 13.1 Å². The zero-order valence-corrected chi connectivity index (χ0v) is 15.0. The molecule has 0 saturated carbocycles. The lowest BCUT2D eigenvalue weighted by atomic mass is 10.0. The Kier molecular flexibility index (Phi) is 6.81. The fraction of sp³-hybridized carbons (Fsp3) is 0.412. The van der Waals surface area contributed by atoms with Gasteiger partial charge in [0.15, 0.2) is 0 Å². The molecule has 0 unspecified atom stereocenters. The molecule has 4 nitrogen and oxygen atoms in total. The molecule has 0 bridgehead atoms. The van der Waals surface area contributed by atoms with E-state index >= 15 is 0 Å². The molecule has 2 aromatic rings. The van der Waals surface area contributed by atoms with E-state index in [1.807, 2.05) is 35.2 Å². The monoisotopic (exact) mass is 355 g/mol. The number of aromatic nitrogens is 1. The number of carbonyl (C=O) groups is 1. The molecule has 1 atom stereocenters. The molecule has 2 heterocycles. The number of benzene rings is 1. The van der Waals surface area contributed by atoms with E-state index in [-0.39, 0.29) is 36.8 Å². The molecule has 3 rings (SSSR count). The molecule has 1 amide bonds. The lowest BCUT2D eigenvalue weighted by Crippen LogP contribution is -2.32. The molecular formula is C17H23Cl2N3O. The van der Waals surface area contributed by atoms with Gasteiger partial charge in [-0.05, 0) is 24.5 Å². The summed E-state index contributed by atoms with van der Waals surface area (Å²) < 4.78 is 0. The Hall–Kier alpha value is -1.36. The Balaban J connectivity index is 0.00000132. The topological polar surface area (TPSA) is 59.2 Å². The summed E-state index contributed by atoms with van der Waals surface area (Å²) in [6.45, 7) is 5.58. The van der Waals surface area contributed by atoms with E-state index in [0.29, 0.717) is 12.5 Å². The highest BCUT2D eigenvalue weighted by Gasteiger charge is 2.26. The minimum atomic E-state index is 0. The molecule has 0 spiro atoms. The van der Waals surface area contributed by atoms with Gasteiger partial charge >= 0.3 is 0 Å². The van der Waals surface area contributed by atoms with Crippen LogP contribution in [0.1, 0.15) is 42.2 Å². The number of hydrogen-bond acceptors (Lipinski definition) is 3. The SMILES string of the molecule is CC(C)c1cc(C(=O)N2CC[C@@H](N)C2)c2ccccc2n1.Cl.Cl. The van der Waals surface area contributed by atoms with Gasteiger partial charge in [-0.3, -0.25) is 9.78 Å². The van der Waals surface area contributed by atoms with Gasteiger partial charge in [0.05, 0.1) is 11.1 Å². The van der Waals surface area contributed by atoms with Gasteiger partial charge in [0.1, 0.15) is 0 Å². The molecule has 1 aliphatic heterocycles. The third-order valence-corrected chi connectivity index (χ3v) is 4.07. The fourth-order valence-electron chi connectivity index (χ4n) is 2.81. The zero-order chi connectivity index (χ0) is 15.0. The van der Waals surface area contributed by atoms with E-state index < -0.39 is 0 Å². The van der Waals surface area contributed by atoms with E-state index in [0.717, 1.165) is 35.1 Å². The first-order valence-electron chi connectivity index (χ1n) is 7.51. The number of rotatable bonds is 2. The first-order chi connectivity index (χ1) is 10.1. The van der Waals surface area contributed by atoms with Crippen LogP contribution >= 0.6 is 24.8 Å². The molecule has 1 aliphatic rings. The van der Waals surface area contributed by atoms with Gasteiger partial charge in [-0.2, -0.15) is 0 Å². The molecule has 23 heavy (non-hydrogen) atoms. The van der Waals surface area contributed by atoms with Crippen molar-refractivity contribution in [2.24, 2.45) is 5.73 Å². The van der Waals surface area contributed by atoms with Crippen LogP contribution in [0, 0.1) is 0 Å². The Morgan fingerprint density at radius 1 is 1.30 bits per heavy atom. The Labute approximate surface area is 149 Å². The summed E-state index contributed by atoms with van der Waals surface area (Å²) in [5.41, 5.74) is 8.52. The maximum absolute atomic E-state index is 12.8. The molecule has 6 heteroatoms. The van der Waals surface area contributed by atoms with Gasteiger partial charge in [-0.1, -0.05) is 32.0 Å². The van der Waals surface area contributed by atoms with Gasteiger partial charge in [0, 0.05) is 30.2 Å². The van der Waals surface area contributed by atoms with Crippen molar-refractivity contribution < 1.29 is 4.79 Å². The summed E-state index contributed by atoms with van der Waals surface area (Å²) in [5.74, 6) is 0.366. The first kappa shape index (κ1) is 19.7. The van der Waals surface area contributed by atoms with Gasteiger partial charge in [-0.15, -0.1) is 24.8 Å². The van der Waals surface area contributed by atoms with Crippen molar-refractivity contribution >= 4 is 41.6 Å². The van der Waals surface area contributed by atoms with E-state index in [1.54, 1.807) is 0 Å². The molecule has 1 fully saturated rings. The summed E-state index contributed by atoms with van der Waals surface area (Å²) in [6, 6.07) is 9.89. The van der Waals surface area contributed by atoms with Crippen LogP contribution in [-0.2, 0) is 0 Å². The van der Waals surface area contributed by atoms with Crippen LogP contribution < -0.4 is 5.73 Å². The van der Waals surface area contributed by atoms with Gasteiger partial charge < -0.3 is 10.6 Å². The average Bonchev–Trinajstić information content (AvgIpc) is 2.92. The number of amides is 1. The van der Waals surface area contributed by atoms with Crippen molar-refractivity contribution in [1.82, 2.24) is 9.88 Å². The van der Waals surface area contributed by atoms with E-state index in [1.165, 1.54) is 0 Å². The molecule has 126 valence electrons. The van der Waals surface area contributed by atoms with Crippen LogP contribution in [0.2, 0.25) is 0 Å². The summed E-state index contributed by atoms with van der Waals surface area (Å²) in [6.07, 6.45) is 0.881. The number of nitrogens with zero attached hydrogens (tertiary/aromatic N) is 2. The molecular weight excluding hydrogens is 333 g/mol. The summed E-state index contributed by atoms with van der Waals surface area (Å²) in [4.78, 5) is 19.3. The number of pyridine rings is 1. The average molecular weight is 356 g/mol. The predicted octanol–water partition coefficient (Wildman–Crippen LogP) is 3.38. The summed E-state index contributed by atoms with van der Waals surface area (Å²) in [5, 5.41) is 0.923. The number of nitrogens with two attached hydrogens (primary N) is 1. The van der Waals surface area contributed by atoms with Crippen LogP contribution in [0.3, 0.4) is 0 Å². The molecule has 1 aromatic carbocycles. The molecule has 2 N–H and O–H groups in total. The lowest BCUT2D eigenvalue weighted by Gasteiger charge is -2.18. The number of halogens is 2. The molecule has 1 saturated heterocycles. The van der Waals surface area contributed by atoms with Crippen LogP contribution in [0.25, 0.3) is 10.9 Å². The number of hydrogen-bond donors (Lipinski definition) is 1. The molecule has 0 aliphatic carbocycles. The Morgan fingerprint density at radius 2 is 2.00 bits per heavy atom. The second-order valence-corrected chi connectivity index (χ2v) is 6.07. The van der Waals surface area contributed by atoms with Crippen molar-refractivity contribution in [1.29, 1.82) is 0 Å². The minimum absolute atomic E-state index is 0. The highest BCUT2D eigenvalue weighted by atomic mass is 35.5. The van der Waals surface area contributed by atoms with Crippen molar-refractivity contribution in [2.45, 2.75) is 32.2 Å². The molecule has 1 aromatic heterocycles. The molecule has 0 radical (unpaired) electrons. The lowest BCUT2D eigenvalue weighted by molar-refractivity contribution is 0.0792. The van der Waals surface area contributed by atoms with E-state index in [4.69, 9.17) is 5.73 Å². The van der Waals surface area contributed by atoms with Crippen LogP contribution in [0.5, 0.6) is 0 Å². The van der Waals surface area contributed by atoms with Crippen LogP contribution in [0.4, 0.5) is 0 Å². The largest absolute Gasteiger partial charge is 0.337 e. The highest BCUT2D eigenvalue weighted by molar-refractivity contribution is 6.06. The summed E-state index contributed by atoms with van der Waals surface area (Å²) in [7, 11) is 0. The standard InChI is InChI=1S/C17H21N3O.2ClH/c1-11(2)16-9-14(13-5-3-4-6-15(13)19-16)17(21)20-8-7-12(18)10-20;;/h3-6,9,11-12H,7-8,10,18H2,1-2H3;2*1H/t12-;;/m1../s1. The number of para-hydroxylation sites is 1. The van der Waals surface area contributed by atoms with Crippen molar-refractivity contribution in [3.05, 3.63) is 41.6 Å². The number of likely N-dealkylation sites (tertiary alicyclic amines) is 1. The number of fused-ring (bicyclic) bond motifs is 1.